The lowest BCUT2D eigenvalue weighted by atomic mass is 9.91. The van der Waals surface area contributed by atoms with E-state index in [4.69, 9.17) is 10.5 Å². The lowest BCUT2D eigenvalue weighted by Gasteiger charge is -2.23. The van der Waals surface area contributed by atoms with Crippen molar-refractivity contribution in [2.24, 2.45) is 16.6 Å². The number of carbonyl (C=O) groups is 2. The third-order valence-corrected chi connectivity index (χ3v) is 5.40. The first-order chi connectivity index (χ1) is 15.6. The fourth-order valence-corrected chi connectivity index (χ4v) is 3.92. The molecule has 0 aromatic heterocycles. The number of anilines is 1. The topological polar surface area (TPSA) is 129 Å². The number of phenolic OH excluding ortho intramolecular Hbond substituents is 1. The second kappa shape index (κ2) is 9.81. The van der Waals surface area contributed by atoms with Crippen LogP contribution in [0.1, 0.15) is 38.3 Å². The number of methoxy groups -OCH3 is 1. The predicted molar refractivity (Wildman–Crippen MR) is 127 cm³/mol. The van der Waals surface area contributed by atoms with Crippen LogP contribution in [0.5, 0.6) is 11.5 Å². The Balaban J connectivity index is 1.56. The number of amides is 3. The van der Waals surface area contributed by atoms with Gasteiger partial charge >= 0.3 is 6.03 Å². The number of hydrogen-bond donors (Lipinski definition) is 4. The largest absolute Gasteiger partial charge is 0.508 e. The van der Waals surface area contributed by atoms with E-state index < -0.39 is 11.6 Å². The van der Waals surface area contributed by atoms with Gasteiger partial charge in [-0.3, -0.25) is 9.69 Å². The van der Waals surface area contributed by atoms with E-state index in [-0.39, 0.29) is 17.6 Å². The van der Waals surface area contributed by atoms with Crippen LogP contribution in [-0.4, -0.2) is 40.6 Å². The minimum Gasteiger partial charge on any atom is -0.508 e. The van der Waals surface area contributed by atoms with Crippen LogP contribution in [0.15, 0.2) is 47.5 Å². The van der Waals surface area contributed by atoms with Gasteiger partial charge in [0.05, 0.1) is 19.3 Å². The van der Waals surface area contributed by atoms with Crippen molar-refractivity contribution in [3.63, 3.8) is 0 Å². The smallest absolute Gasteiger partial charge is 0.319 e. The summed E-state index contributed by atoms with van der Waals surface area (Å²) >= 11 is 0. The predicted octanol–water partition coefficient (Wildman–Crippen LogP) is 3.18. The van der Waals surface area contributed by atoms with E-state index >= 15 is 0 Å². The molecule has 176 valence electrons. The van der Waals surface area contributed by atoms with Gasteiger partial charge in [-0.15, -0.1) is 0 Å². The molecular weight excluding hydrogens is 422 g/mol. The summed E-state index contributed by atoms with van der Waals surface area (Å²) in [5.74, 6) is 0.948. The molecule has 2 aromatic rings. The zero-order valence-electron chi connectivity index (χ0n) is 19.4. The van der Waals surface area contributed by atoms with E-state index in [1.165, 1.54) is 24.1 Å². The molecule has 9 heteroatoms. The highest BCUT2D eigenvalue weighted by atomic mass is 16.5. The van der Waals surface area contributed by atoms with Crippen molar-refractivity contribution >= 4 is 23.6 Å². The fraction of sp³-hybridized carbons (Fsp3) is 0.375. The first kappa shape index (κ1) is 23.9. The van der Waals surface area contributed by atoms with Gasteiger partial charge in [0.2, 0.25) is 0 Å². The minimum atomic E-state index is -0.812. The molecule has 0 spiro atoms. The van der Waals surface area contributed by atoms with Gasteiger partial charge in [0, 0.05) is 12.6 Å². The van der Waals surface area contributed by atoms with Crippen LogP contribution in [0, 0.1) is 5.92 Å². The van der Waals surface area contributed by atoms with Gasteiger partial charge in [0.25, 0.3) is 5.91 Å². The van der Waals surface area contributed by atoms with Gasteiger partial charge in [0.1, 0.15) is 17.0 Å². The third kappa shape index (κ3) is 5.74. The normalized spacial score (nSPS) is 17.8. The van der Waals surface area contributed by atoms with Crippen LogP contribution in [0.3, 0.4) is 0 Å². The summed E-state index contributed by atoms with van der Waals surface area (Å²) in [6, 6.07) is 11.6. The fourth-order valence-electron chi connectivity index (χ4n) is 3.92. The number of hydrogen-bond acceptors (Lipinski definition) is 6. The van der Waals surface area contributed by atoms with Crippen LogP contribution >= 0.6 is 0 Å². The lowest BCUT2D eigenvalue weighted by Crippen LogP contribution is -2.43. The Morgan fingerprint density at radius 3 is 2.52 bits per heavy atom. The van der Waals surface area contributed by atoms with Crippen LogP contribution in [-0.2, 0) is 17.9 Å². The van der Waals surface area contributed by atoms with Gasteiger partial charge in [-0.1, -0.05) is 38.1 Å². The SMILES string of the molecule is COc1ccc(O)cc1NC(=O)NCc1ccc(CN2C(=O)C(C)(CC(C)C)N=C2N)cc1. The second-order valence-electron chi connectivity index (χ2n) is 8.74. The summed E-state index contributed by atoms with van der Waals surface area (Å²) in [6.07, 6.45) is 0.643. The molecule has 3 rings (SSSR count). The highest BCUT2D eigenvalue weighted by Crippen LogP contribution is 2.30. The molecule has 0 saturated heterocycles. The van der Waals surface area contributed by atoms with Crippen LogP contribution < -0.4 is 21.1 Å². The summed E-state index contributed by atoms with van der Waals surface area (Å²) < 4.78 is 5.18. The van der Waals surface area contributed by atoms with E-state index in [9.17, 15) is 14.7 Å². The van der Waals surface area contributed by atoms with E-state index in [2.05, 4.69) is 29.5 Å². The zero-order chi connectivity index (χ0) is 24.2. The number of nitrogens with two attached hydrogens (primary N) is 1. The van der Waals surface area contributed by atoms with Crippen molar-refractivity contribution in [3.05, 3.63) is 53.6 Å². The van der Waals surface area contributed by atoms with Crippen molar-refractivity contribution in [1.82, 2.24) is 10.2 Å². The number of guanidine groups is 1. The molecule has 0 saturated carbocycles. The van der Waals surface area contributed by atoms with Gasteiger partial charge in [0.15, 0.2) is 5.96 Å². The Hall–Kier alpha value is -3.75. The number of aromatic hydroxyl groups is 1. The lowest BCUT2D eigenvalue weighted by molar-refractivity contribution is -0.131. The molecule has 1 heterocycles. The van der Waals surface area contributed by atoms with E-state index in [1.54, 1.807) is 6.07 Å². The van der Waals surface area contributed by atoms with E-state index in [1.807, 2.05) is 31.2 Å². The average Bonchev–Trinajstić information content (AvgIpc) is 2.95. The highest BCUT2D eigenvalue weighted by Gasteiger charge is 2.43. The van der Waals surface area contributed by atoms with Crippen LogP contribution in [0.4, 0.5) is 10.5 Å². The maximum absolute atomic E-state index is 12.9. The van der Waals surface area contributed by atoms with Crippen molar-refractivity contribution in [3.8, 4) is 11.5 Å². The van der Waals surface area contributed by atoms with Crippen LogP contribution in [0.2, 0.25) is 0 Å². The Morgan fingerprint density at radius 1 is 1.21 bits per heavy atom. The molecule has 2 aromatic carbocycles. The molecule has 3 amide bonds. The molecule has 1 aliphatic heterocycles. The molecule has 1 atom stereocenters. The van der Waals surface area contributed by atoms with Crippen LogP contribution in [0.25, 0.3) is 0 Å². The Kier molecular flexibility index (Phi) is 7.10. The summed E-state index contributed by atoms with van der Waals surface area (Å²) in [5, 5.41) is 15.0. The van der Waals surface area contributed by atoms with Gasteiger partial charge in [-0.25, -0.2) is 9.79 Å². The van der Waals surface area contributed by atoms with Gasteiger partial charge < -0.3 is 26.2 Å². The monoisotopic (exact) mass is 453 g/mol. The number of nitrogens with zero attached hydrogens (tertiary/aromatic N) is 2. The molecule has 1 aliphatic rings. The number of phenols is 1. The van der Waals surface area contributed by atoms with Crippen molar-refractivity contribution in [2.75, 3.05) is 12.4 Å². The standard InChI is InChI=1S/C24H31N5O4/c1-15(2)12-24(3)21(31)29(22(25)28-24)14-17-7-5-16(6-8-17)13-26-23(32)27-19-11-18(30)9-10-20(19)33-4/h5-11,15,30H,12-14H2,1-4H3,(H2,25,28)(H2,26,27,32). The Bertz CT molecular complexity index is 1050. The number of aliphatic imine (C=N–C) groups is 1. The first-order valence-electron chi connectivity index (χ1n) is 10.8. The Labute approximate surface area is 193 Å². The van der Waals surface area contributed by atoms with Crippen molar-refractivity contribution in [2.45, 2.75) is 45.8 Å². The summed E-state index contributed by atoms with van der Waals surface area (Å²) in [6.45, 7) is 6.58. The minimum absolute atomic E-state index is 0.0216. The number of rotatable bonds is 8. The zero-order valence-corrected chi connectivity index (χ0v) is 19.4. The molecule has 1 unspecified atom stereocenters. The average molecular weight is 454 g/mol. The summed E-state index contributed by atoms with van der Waals surface area (Å²) in [7, 11) is 1.48. The van der Waals surface area contributed by atoms with Gasteiger partial charge in [-0.05, 0) is 42.5 Å². The second-order valence-corrected chi connectivity index (χ2v) is 8.74. The third-order valence-electron chi connectivity index (χ3n) is 5.40. The molecule has 33 heavy (non-hydrogen) atoms. The summed E-state index contributed by atoms with van der Waals surface area (Å²) in [4.78, 5) is 31.1. The molecule has 9 nitrogen and oxygen atoms in total. The summed E-state index contributed by atoms with van der Waals surface area (Å²) in [5.41, 5.74) is 7.40. The molecule has 5 N–H and O–H groups in total. The quantitative estimate of drug-likeness (QED) is 0.488. The molecule has 0 aliphatic carbocycles. The van der Waals surface area contributed by atoms with Crippen molar-refractivity contribution in [1.29, 1.82) is 0 Å². The first-order valence-corrected chi connectivity index (χ1v) is 10.8. The molecular formula is C24H31N5O4. The Morgan fingerprint density at radius 2 is 1.88 bits per heavy atom. The number of urea groups is 1. The molecule has 0 fully saturated rings. The van der Waals surface area contributed by atoms with Gasteiger partial charge in [-0.2, -0.15) is 0 Å². The van der Waals surface area contributed by atoms with E-state index in [0.29, 0.717) is 36.9 Å². The van der Waals surface area contributed by atoms with Crippen molar-refractivity contribution < 1.29 is 19.4 Å². The number of carbonyl (C=O) groups excluding carboxylic acids is 2. The highest BCUT2D eigenvalue weighted by molar-refractivity contribution is 6.06. The molecule has 0 bridgehead atoms. The van der Waals surface area contributed by atoms with E-state index in [0.717, 1.165) is 11.1 Å². The maximum atomic E-state index is 12.9. The number of nitrogens with one attached hydrogen (secondary N) is 2. The number of benzene rings is 2. The molecule has 0 radical (unpaired) electrons. The number of ether oxygens (including phenoxy) is 1. The maximum Gasteiger partial charge on any atom is 0.319 e.